The Labute approximate surface area is 224 Å². The predicted octanol–water partition coefficient (Wildman–Crippen LogP) is 4.04. The number of halogens is 2. The first-order valence-electron chi connectivity index (χ1n) is 11.7. The number of unbranched alkanes of at least 4 members (excludes halogenated alkanes) is 1. The van der Waals surface area contributed by atoms with E-state index in [9.17, 15) is 9.59 Å². The van der Waals surface area contributed by atoms with Crippen molar-refractivity contribution in [3.63, 3.8) is 0 Å². The maximum atomic E-state index is 13.0. The number of thiophene rings is 1. The molecule has 0 aliphatic carbocycles. The van der Waals surface area contributed by atoms with Gasteiger partial charge in [-0.1, -0.05) is 0 Å². The summed E-state index contributed by atoms with van der Waals surface area (Å²) in [4.78, 5) is 36.1. The van der Waals surface area contributed by atoms with Gasteiger partial charge < -0.3 is 19.4 Å². The van der Waals surface area contributed by atoms with E-state index in [1.165, 1.54) is 21.5 Å². The number of ether oxygens (including phenoxy) is 2. The number of methoxy groups -OCH3 is 1. The molecule has 0 spiro atoms. The van der Waals surface area contributed by atoms with E-state index in [0.29, 0.717) is 28.6 Å². The van der Waals surface area contributed by atoms with Gasteiger partial charge in [-0.25, -0.2) is 9.78 Å². The minimum atomic E-state index is -0.351. The lowest BCUT2D eigenvalue weighted by atomic mass is 9.87. The first-order chi connectivity index (χ1) is 16.6. The molecule has 6 rings (SSSR count). The van der Waals surface area contributed by atoms with Gasteiger partial charge in [0.1, 0.15) is 21.0 Å². The van der Waals surface area contributed by atoms with E-state index < -0.39 is 0 Å². The summed E-state index contributed by atoms with van der Waals surface area (Å²) >= 11 is 1.34. The number of aromatic amines is 1. The Morgan fingerprint density at radius 1 is 1.17 bits per heavy atom. The molecule has 1 saturated heterocycles. The summed E-state index contributed by atoms with van der Waals surface area (Å²) < 4.78 is 13.3. The standard InChI is InChI=1S/C25H26N4O4S.2ClH/c1-32-16-6-7-20-18(11-16)19-13-28(12-15(19)14-33-20)9-2-3-10-29-24(30)22-21(27-25(29)31)17-5-4-8-26-23(17)34-22;;/h4-8,11,15,19H,2-3,9-10,12-14H2,1H3,(H,27,31);2*1H/t15-,19-;;/m1../s1. The molecule has 8 nitrogen and oxygen atoms in total. The number of rotatable bonds is 6. The van der Waals surface area contributed by atoms with Gasteiger partial charge in [-0.3, -0.25) is 9.36 Å². The average Bonchev–Trinajstić information content (AvgIpc) is 3.45. The molecule has 2 aliphatic heterocycles. The van der Waals surface area contributed by atoms with Crippen LogP contribution >= 0.6 is 36.2 Å². The minimum absolute atomic E-state index is 0. The van der Waals surface area contributed by atoms with Gasteiger partial charge in [0.05, 0.1) is 19.2 Å². The first-order valence-corrected chi connectivity index (χ1v) is 12.5. The largest absolute Gasteiger partial charge is 0.497 e. The molecule has 36 heavy (non-hydrogen) atoms. The Morgan fingerprint density at radius 3 is 2.83 bits per heavy atom. The predicted molar refractivity (Wildman–Crippen MR) is 147 cm³/mol. The summed E-state index contributed by atoms with van der Waals surface area (Å²) in [5, 5.41) is 0.822. The van der Waals surface area contributed by atoms with Gasteiger partial charge in [-0.2, -0.15) is 0 Å². The van der Waals surface area contributed by atoms with Gasteiger partial charge in [0.25, 0.3) is 5.56 Å². The van der Waals surface area contributed by atoms with Gasteiger partial charge in [0.2, 0.25) is 0 Å². The zero-order chi connectivity index (χ0) is 23.2. The van der Waals surface area contributed by atoms with Crippen LogP contribution in [0, 0.1) is 5.92 Å². The molecule has 0 bridgehead atoms. The summed E-state index contributed by atoms with van der Waals surface area (Å²) in [5.41, 5.74) is 1.26. The summed E-state index contributed by atoms with van der Waals surface area (Å²) in [7, 11) is 1.69. The monoisotopic (exact) mass is 550 g/mol. The quantitative estimate of drug-likeness (QED) is 0.364. The molecule has 2 aliphatic rings. The Morgan fingerprint density at radius 2 is 2.00 bits per heavy atom. The van der Waals surface area contributed by atoms with E-state index in [4.69, 9.17) is 9.47 Å². The molecule has 1 N–H and O–H groups in total. The lowest BCUT2D eigenvalue weighted by molar-refractivity contribution is 0.212. The summed E-state index contributed by atoms with van der Waals surface area (Å²) in [6.45, 7) is 4.09. The zero-order valence-corrected chi connectivity index (χ0v) is 22.2. The molecule has 11 heteroatoms. The van der Waals surface area contributed by atoms with E-state index in [1.54, 1.807) is 13.3 Å². The summed E-state index contributed by atoms with van der Waals surface area (Å²) in [6.07, 6.45) is 3.39. The van der Waals surface area contributed by atoms with Gasteiger partial charge in [0.15, 0.2) is 0 Å². The molecule has 1 aromatic carbocycles. The van der Waals surface area contributed by atoms with Crippen molar-refractivity contribution in [3.05, 3.63) is 62.9 Å². The summed E-state index contributed by atoms with van der Waals surface area (Å²) in [5.74, 6) is 2.76. The molecule has 2 atom stereocenters. The van der Waals surface area contributed by atoms with Gasteiger partial charge >= 0.3 is 5.69 Å². The number of pyridine rings is 1. The highest BCUT2D eigenvalue weighted by Crippen LogP contribution is 2.43. The molecule has 1 fully saturated rings. The van der Waals surface area contributed by atoms with Crippen molar-refractivity contribution in [3.8, 4) is 11.5 Å². The second kappa shape index (κ2) is 10.8. The van der Waals surface area contributed by atoms with Crippen molar-refractivity contribution in [2.75, 3.05) is 33.4 Å². The van der Waals surface area contributed by atoms with Crippen LogP contribution in [0.3, 0.4) is 0 Å². The SMILES string of the molecule is COc1ccc2c(c1)[C@@H]1CN(CCCCn3c(=O)[nH]c4c(sc5ncccc54)c3=O)C[C@@H]1CO2.Cl.Cl. The normalized spacial score (nSPS) is 18.7. The minimum Gasteiger partial charge on any atom is -0.497 e. The second-order valence-electron chi connectivity index (χ2n) is 9.10. The Bertz CT molecular complexity index is 1500. The molecule has 192 valence electrons. The highest BCUT2D eigenvalue weighted by atomic mass is 35.5. The molecule has 5 heterocycles. The van der Waals surface area contributed by atoms with E-state index in [1.807, 2.05) is 24.3 Å². The highest BCUT2D eigenvalue weighted by molar-refractivity contribution is 7.25. The average molecular weight is 551 g/mol. The number of H-pyrrole nitrogens is 1. The lowest BCUT2D eigenvalue weighted by Gasteiger charge is -2.28. The molecule has 0 amide bonds. The van der Waals surface area contributed by atoms with Crippen LogP contribution < -0.4 is 20.7 Å². The number of benzene rings is 1. The number of nitrogens with one attached hydrogen (secondary N) is 1. The van der Waals surface area contributed by atoms with Crippen LogP contribution in [0.5, 0.6) is 11.5 Å². The van der Waals surface area contributed by atoms with Crippen molar-refractivity contribution >= 4 is 56.6 Å². The fourth-order valence-electron chi connectivity index (χ4n) is 5.34. The van der Waals surface area contributed by atoms with Crippen molar-refractivity contribution < 1.29 is 9.47 Å². The van der Waals surface area contributed by atoms with Crippen LogP contribution in [0.25, 0.3) is 20.4 Å². The fourth-order valence-corrected chi connectivity index (χ4v) is 6.39. The van der Waals surface area contributed by atoms with Crippen molar-refractivity contribution in [1.29, 1.82) is 0 Å². The molecular weight excluding hydrogens is 523 g/mol. The third-order valence-corrected chi connectivity index (χ3v) is 8.18. The number of hydrogen-bond acceptors (Lipinski definition) is 7. The van der Waals surface area contributed by atoms with E-state index in [-0.39, 0.29) is 36.1 Å². The molecule has 4 aromatic rings. The molecular formula is C25H28Cl2N4O4S. The van der Waals surface area contributed by atoms with Crippen LogP contribution in [-0.2, 0) is 6.54 Å². The third kappa shape index (κ3) is 4.61. The second-order valence-corrected chi connectivity index (χ2v) is 10.1. The molecule has 0 radical (unpaired) electrons. The Balaban J connectivity index is 0.00000152. The fraction of sp³-hybridized carbons (Fsp3) is 0.400. The van der Waals surface area contributed by atoms with Crippen LogP contribution in [-0.4, -0.2) is 52.8 Å². The maximum absolute atomic E-state index is 13.0. The molecule has 0 unspecified atom stereocenters. The van der Waals surface area contributed by atoms with Gasteiger partial charge in [0, 0.05) is 48.6 Å². The van der Waals surface area contributed by atoms with Crippen molar-refractivity contribution in [2.45, 2.75) is 25.3 Å². The Kier molecular flexibility index (Phi) is 7.94. The van der Waals surface area contributed by atoms with Gasteiger partial charge in [-0.15, -0.1) is 36.2 Å². The lowest BCUT2D eigenvalue weighted by Crippen LogP contribution is -2.34. The topological polar surface area (TPSA) is 89.5 Å². The van der Waals surface area contributed by atoms with Crippen molar-refractivity contribution in [2.24, 2.45) is 5.92 Å². The smallest absolute Gasteiger partial charge is 0.328 e. The zero-order valence-electron chi connectivity index (χ0n) is 19.8. The van der Waals surface area contributed by atoms with E-state index in [0.717, 1.165) is 60.8 Å². The number of hydrogen-bond donors (Lipinski definition) is 1. The number of nitrogens with zero attached hydrogens (tertiary/aromatic N) is 3. The third-order valence-electron chi connectivity index (χ3n) is 7.07. The van der Waals surface area contributed by atoms with Crippen LogP contribution in [0.1, 0.15) is 24.3 Å². The number of aromatic nitrogens is 3. The Hall–Kier alpha value is -2.59. The van der Waals surface area contributed by atoms with E-state index >= 15 is 0 Å². The van der Waals surface area contributed by atoms with Crippen LogP contribution in [0.2, 0.25) is 0 Å². The molecule has 3 aromatic heterocycles. The van der Waals surface area contributed by atoms with Crippen LogP contribution in [0.15, 0.2) is 46.1 Å². The summed E-state index contributed by atoms with van der Waals surface area (Å²) in [6, 6.07) is 9.75. The number of fused-ring (bicyclic) bond motifs is 6. The van der Waals surface area contributed by atoms with Gasteiger partial charge in [-0.05, 0) is 49.7 Å². The van der Waals surface area contributed by atoms with E-state index in [2.05, 4.69) is 20.9 Å². The maximum Gasteiger partial charge on any atom is 0.328 e. The highest BCUT2D eigenvalue weighted by Gasteiger charge is 2.38. The molecule has 0 saturated carbocycles. The first kappa shape index (κ1) is 26.5. The number of likely N-dealkylation sites (tertiary alicyclic amines) is 1. The van der Waals surface area contributed by atoms with Crippen molar-refractivity contribution in [1.82, 2.24) is 19.4 Å². The van der Waals surface area contributed by atoms with Crippen LogP contribution in [0.4, 0.5) is 0 Å².